The van der Waals surface area contributed by atoms with E-state index in [2.05, 4.69) is 29.9 Å². The van der Waals surface area contributed by atoms with Gasteiger partial charge in [0, 0.05) is 12.3 Å². The van der Waals surface area contributed by atoms with Gasteiger partial charge in [-0.3, -0.25) is 4.52 Å². The molecule has 1 N–H and O–H groups in total. The number of aromatic nitrogens is 4. The van der Waals surface area contributed by atoms with E-state index in [4.69, 9.17) is 0 Å². The van der Waals surface area contributed by atoms with Gasteiger partial charge in [-0.1, -0.05) is 5.16 Å². The molecule has 0 radical (unpaired) electrons. The minimum absolute atomic E-state index is 0.0418. The molecule has 0 aliphatic rings. The molecule has 0 bridgehead atoms. The van der Waals surface area contributed by atoms with Crippen molar-refractivity contribution in [2.75, 3.05) is 23.9 Å². The van der Waals surface area contributed by atoms with Crippen molar-refractivity contribution in [2.45, 2.75) is 6.18 Å². The fourth-order valence-electron chi connectivity index (χ4n) is 2.22. The molecule has 3 rings (SSSR count). The van der Waals surface area contributed by atoms with Crippen LogP contribution in [0.5, 0.6) is 0 Å². The van der Waals surface area contributed by atoms with E-state index < -0.39 is 23.3 Å². The SMILES string of the molecule is CSCCNc1nonc1-c1noc(=O)n1-c1ccc(F)c(C(F)(F)F)c1. The van der Waals surface area contributed by atoms with Crippen LogP contribution in [0.25, 0.3) is 17.2 Å². The Morgan fingerprint density at radius 2 is 2.04 bits per heavy atom. The van der Waals surface area contributed by atoms with Gasteiger partial charge >= 0.3 is 11.9 Å². The smallest absolute Gasteiger partial charge is 0.364 e. The minimum Gasteiger partial charge on any atom is -0.364 e. The van der Waals surface area contributed by atoms with Crippen LogP contribution >= 0.6 is 11.8 Å². The van der Waals surface area contributed by atoms with E-state index >= 15 is 0 Å². The second kappa shape index (κ2) is 7.42. The zero-order valence-electron chi connectivity index (χ0n) is 13.6. The lowest BCUT2D eigenvalue weighted by Crippen LogP contribution is -2.16. The van der Waals surface area contributed by atoms with Crippen LogP contribution < -0.4 is 11.1 Å². The largest absolute Gasteiger partial charge is 0.446 e. The summed E-state index contributed by atoms with van der Waals surface area (Å²) in [5, 5.41) is 13.7. The highest BCUT2D eigenvalue weighted by atomic mass is 32.2. The van der Waals surface area contributed by atoms with Gasteiger partial charge in [-0.05, 0) is 34.8 Å². The summed E-state index contributed by atoms with van der Waals surface area (Å²) in [6, 6.07) is 2.06. The Kier molecular flexibility index (Phi) is 5.21. The van der Waals surface area contributed by atoms with Crippen LogP contribution in [0.15, 0.2) is 32.1 Å². The zero-order chi connectivity index (χ0) is 19.6. The standard InChI is InChI=1S/C14H11F4N5O3S/c1-27-5-4-19-11-10(20-26-21-11)12-22-25-13(24)23(12)7-2-3-9(15)8(6-7)14(16,17)18/h2-3,6H,4-5H2,1H3,(H,19,21). The Balaban J connectivity index is 2.08. The molecule has 13 heteroatoms. The van der Waals surface area contributed by atoms with Gasteiger partial charge in [-0.25, -0.2) is 18.4 Å². The summed E-state index contributed by atoms with van der Waals surface area (Å²) >= 11 is 1.56. The highest BCUT2D eigenvalue weighted by molar-refractivity contribution is 7.98. The number of nitrogens with one attached hydrogen (secondary N) is 1. The van der Waals surface area contributed by atoms with Crippen molar-refractivity contribution in [2.24, 2.45) is 0 Å². The number of halogens is 4. The van der Waals surface area contributed by atoms with E-state index in [1.807, 2.05) is 6.26 Å². The quantitative estimate of drug-likeness (QED) is 0.494. The Morgan fingerprint density at radius 1 is 1.26 bits per heavy atom. The lowest BCUT2D eigenvalue weighted by molar-refractivity contribution is -0.140. The summed E-state index contributed by atoms with van der Waals surface area (Å²) in [5.41, 5.74) is -1.88. The predicted molar refractivity (Wildman–Crippen MR) is 87.2 cm³/mol. The van der Waals surface area contributed by atoms with E-state index in [1.165, 1.54) is 0 Å². The van der Waals surface area contributed by atoms with E-state index in [1.54, 1.807) is 11.8 Å². The van der Waals surface area contributed by atoms with Gasteiger partial charge in [0.05, 0.1) is 11.3 Å². The summed E-state index contributed by atoms with van der Waals surface area (Å²) in [6.07, 6.45) is -3.05. The van der Waals surface area contributed by atoms with E-state index in [-0.39, 0.29) is 23.0 Å². The van der Waals surface area contributed by atoms with Crippen molar-refractivity contribution in [3.8, 4) is 17.2 Å². The molecule has 27 heavy (non-hydrogen) atoms. The second-order valence-corrected chi connectivity index (χ2v) is 6.14. The van der Waals surface area contributed by atoms with Gasteiger partial charge in [0.1, 0.15) is 5.82 Å². The molecule has 0 unspecified atom stereocenters. The maximum atomic E-state index is 13.5. The molecule has 144 valence electrons. The Labute approximate surface area is 152 Å². The topological polar surface area (TPSA) is 99.0 Å². The number of thioether (sulfide) groups is 1. The summed E-state index contributed by atoms with van der Waals surface area (Å²) in [7, 11) is 0. The van der Waals surface area contributed by atoms with Crippen molar-refractivity contribution >= 4 is 17.6 Å². The zero-order valence-corrected chi connectivity index (χ0v) is 14.4. The molecule has 0 aliphatic heterocycles. The van der Waals surface area contributed by atoms with Gasteiger partial charge in [0.25, 0.3) is 0 Å². The van der Waals surface area contributed by atoms with Gasteiger partial charge in [0.2, 0.25) is 11.6 Å². The molecule has 0 aliphatic carbocycles. The highest BCUT2D eigenvalue weighted by Gasteiger charge is 2.35. The summed E-state index contributed by atoms with van der Waals surface area (Å²) < 4.78 is 62.3. The van der Waals surface area contributed by atoms with Crippen molar-refractivity contribution in [3.05, 3.63) is 40.1 Å². The average Bonchev–Trinajstić information content (AvgIpc) is 3.21. The van der Waals surface area contributed by atoms with Crippen LogP contribution in [0.3, 0.4) is 0 Å². The average molecular weight is 405 g/mol. The molecule has 2 aromatic heterocycles. The molecule has 0 atom stereocenters. The third-order valence-electron chi connectivity index (χ3n) is 3.42. The monoisotopic (exact) mass is 405 g/mol. The molecule has 0 amide bonds. The fourth-order valence-corrected chi connectivity index (χ4v) is 2.53. The lowest BCUT2D eigenvalue weighted by Gasteiger charge is -2.10. The molecule has 0 fully saturated rings. The van der Waals surface area contributed by atoms with Crippen molar-refractivity contribution < 1.29 is 26.7 Å². The number of hydrogen-bond acceptors (Lipinski definition) is 8. The molecule has 3 aromatic rings. The summed E-state index contributed by atoms with van der Waals surface area (Å²) in [4.78, 5) is 12.0. The van der Waals surface area contributed by atoms with Crippen molar-refractivity contribution in [3.63, 3.8) is 0 Å². The van der Waals surface area contributed by atoms with Crippen molar-refractivity contribution in [1.29, 1.82) is 0 Å². The van der Waals surface area contributed by atoms with E-state index in [0.29, 0.717) is 23.2 Å². The third kappa shape index (κ3) is 3.82. The first-order chi connectivity index (χ1) is 12.8. The third-order valence-corrected chi connectivity index (χ3v) is 4.03. The number of hydrogen-bond donors (Lipinski definition) is 1. The molecule has 0 saturated heterocycles. The maximum absolute atomic E-state index is 13.5. The van der Waals surface area contributed by atoms with Crippen LogP contribution in [-0.4, -0.2) is 38.6 Å². The second-order valence-electron chi connectivity index (χ2n) is 5.15. The van der Waals surface area contributed by atoms with Gasteiger partial charge in [0.15, 0.2) is 5.69 Å². The minimum atomic E-state index is -4.94. The van der Waals surface area contributed by atoms with E-state index in [0.717, 1.165) is 11.8 Å². The highest BCUT2D eigenvalue weighted by Crippen LogP contribution is 2.33. The van der Waals surface area contributed by atoms with Gasteiger partial charge in [-0.15, -0.1) is 0 Å². The first-order valence-corrected chi connectivity index (χ1v) is 8.74. The van der Waals surface area contributed by atoms with Crippen LogP contribution in [-0.2, 0) is 6.18 Å². The summed E-state index contributed by atoms with van der Waals surface area (Å²) in [5.74, 6) is -1.94. The van der Waals surface area contributed by atoms with Crippen LogP contribution in [0.1, 0.15) is 5.56 Å². The normalized spacial score (nSPS) is 11.7. The fraction of sp³-hybridized carbons (Fsp3) is 0.286. The number of nitrogens with zero attached hydrogens (tertiary/aromatic N) is 4. The number of benzene rings is 1. The first kappa shape index (κ1) is 18.9. The molecular weight excluding hydrogens is 394 g/mol. The van der Waals surface area contributed by atoms with Crippen molar-refractivity contribution in [1.82, 2.24) is 20.0 Å². The molecule has 1 aromatic carbocycles. The first-order valence-electron chi connectivity index (χ1n) is 7.34. The summed E-state index contributed by atoms with van der Waals surface area (Å²) in [6.45, 7) is 0.485. The molecule has 0 saturated carbocycles. The Morgan fingerprint density at radius 3 is 2.74 bits per heavy atom. The number of anilines is 1. The van der Waals surface area contributed by atoms with Crippen LogP contribution in [0, 0.1) is 5.82 Å². The molecular formula is C14H11F4N5O3S. The number of rotatable bonds is 6. The Bertz CT molecular complexity index is 997. The number of alkyl halides is 3. The van der Waals surface area contributed by atoms with Crippen LogP contribution in [0.4, 0.5) is 23.4 Å². The molecule has 0 spiro atoms. The van der Waals surface area contributed by atoms with Gasteiger partial charge in [-0.2, -0.15) is 24.9 Å². The van der Waals surface area contributed by atoms with Crippen LogP contribution in [0.2, 0.25) is 0 Å². The lowest BCUT2D eigenvalue weighted by atomic mass is 10.1. The Hall–Kier alpha value is -2.83. The van der Waals surface area contributed by atoms with E-state index in [9.17, 15) is 22.4 Å². The molecule has 8 nitrogen and oxygen atoms in total. The van der Waals surface area contributed by atoms with Gasteiger partial charge < -0.3 is 5.32 Å². The maximum Gasteiger partial charge on any atom is 0.446 e. The molecule has 2 heterocycles. The predicted octanol–water partition coefficient (Wildman–Crippen LogP) is 2.81.